The molecule has 35 heavy (non-hydrogen) atoms. The second kappa shape index (κ2) is 18.2. The van der Waals surface area contributed by atoms with E-state index in [1.54, 1.807) is 11.8 Å². The molecule has 1 amide bonds. The lowest BCUT2D eigenvalue weighted by molar-refractivity contribution is -0.127. The van der Waals surface area contributed by atoms with Gasteiger partial charge >= 0.3 is 0 Å². The predicted molar refractivity (Wildman–Crippen MR) is 153 cm³/mol. The zero-order chi connectivity index (χ0) is 26.1. The van der Waals surface area contributed by atoms with Gasteiger partial charge in [-0.15, -0.1) is 0 Å². The second-order valence-corrected chi connectivity index (χ2v) is 10.9. The lowest BCUT2D eigenvalue weighted by Gasteiger charge is -2.17. The molecule has 196 valence electrons. The van der Waals surface area contributed by atoms with Gasteiger partial charge in [0.05, 0.1) is 18.3 Å². The van der Waals surface area contributed by atoms with Crippen molar-refractivity contribution in [3.63, 3.8) is 0 Å². The number of carbonyl (C=O) groups is 2. The van der Waals surface area contributed by atoms with E-state index < -0.39 is 11.9 Å². The van der Waals surface area contributed by atoms with Crippen LogP contribution in [0.5, 0.6) is 0 Å². The molecule has 1 rings (SSSR count). The van der Waals surface area contributed by atoms with Gasteiger partial charge < -0.3 is 11.1 Å². The molecule has 1 heterocycles. The fraction of sp³-hybridized carbons (Fsp3) is 0.621. The summed E-state index contributed by atoms with van der Waals surface area (Å²) in [6.45, 7) is 11.7. The highest BCUT2D eigenvalue weighted by molar-refractivity contribution is 7.99. The minimum atomic E-state index is -0.579. The van der Waals surface area contributed by atoms with Crippen LogP contribution in [0.1, 0.15) is 92.4 Å². The monoisotopic (exact) mass is 501 g/mol. The van der Waals surface area contributed by atoms with Gasteiger partial charge in [0, 0.05) is 24.5 Å². The highest BCUT2D eigenvalue weighted by atomic mass is 32.2. The highest BCUT2D eigenvalue weighted by Crippen LogP contribution is 2.15. The van der Waals surface area contributed by atoms with E-state index in [0.29, 0.717) is 5.75 Å². The molecule has 1 aliphatic heterocycles. The van der Waals surface area contributed by atoms with E-state index in [-0.39, 0.29) is 12.2 Å². The van der Waals surface area contributed by atoms with E-state index in [2.05, 4.69) is 69.2 Å². The summed E-state index contributed by atoms with van der Waals surface area (Å²) in [4.78, 5) is 28.0. The largest absolute Gasteiger partial charge is 0.369 e. The standard InChI is InChI=1S/C29H47N3O2S/c1-22(2)10-6-11-23(3)12-7-13-24(4)14-8-15-25(5)17-19-35-21-26(27(33)20-28(30)34)32-29-16-9-18-31-29/h10,12,14,17,26H,6-9,11,13,15-16,18-21H2,1-5H3,(H2,30,34)(H,31,32)/b23-12+,24-14+,25-17+. The van der Waals surface area contributed by atoms with Crippen LogP contribution in [0, 0.1) is 0 Å². The Morgan fingerprint density at radius 2 is 1.51 bits per heavy atom. The normalized spacial score (nSPS) is 15.6. The molecule has 0 aromatic heterocycles. The number of carbonyl (C=O) groups excluding carboxylic acids is 2. The average molecular weight is 502 g/mol. The number of nitrogens with one attached hydrogen (secondary N) is 1. The second-order valence-electron chi connectivity index (χ2n) is 9.82. The van der Waals surface area contributed by atoms with Gasteiger partial charge in [0.15, 0.2) is 5.78 Å². The number of aliphatic imine (C=N–C) groups is 1. The van der Waals surface area contributed by atoms with Crippen LogP contribution >= 0.6 is 11.8 Å². The Kier molecular flexibility index (Phi) is 16.1. The molecule has 0 aromatic carbocycles. The van der Waals surface area contributed by atoms with E-state index in [1.165, 1.54) is 22.3 Å². The Morgan fingerprint density at radius 1 is 0.943 bits per heavy atom. The van der Waals surface area contributed by atoms with Crippen molar-refractivity contribution >= 4 is 29.3 Å². The fourth-order valence-corrected chi connectivity index (χ4v) is 4.79. The minimum absolute atomic E-state index is 0.154. The molecular weight excluding hydrogens is 454 g/mol. The maximum absolute atomic E-state index is 12.4. The summed E-state index contributed by atoms with van der Waals surface area (Å²) in [7, 11) is 0. The molecule has 0 spiro atoms. The van der Waals surface area contributed by atoms with Crippen molar-refractivity contribution in [2.75, 3.05) is 18.1 Å². The number of amidine groups is 1. The van der Waals surface area contributed by atoms with Crippen molar-refractivity contribution in [2.45, 2.75) is 98.4 Å². The number of hydrogen-bond acceptors (Lipinski definition) is 5. The predicted octanol–water partition coefficient (Wildman–Crippen LogP) is 6.46. The lowest BCUT2D eigenvalue weighted by Crippen LogP contribution is -2.43. The van der Waals surface area contributed by atoms with E-state index in [9.17, 15) is 9.59 Å². The fourth-order valence-electron chi connectivity index (χ4n) is 3.74. The van der Waals surface area contributed by atoms with Crippen molar-refractivity contribution in [1.82, 2.24) is 5.32 Å². The highest BCUT2D eigenvalue weighted by Gasteiger charge is 2.22. The van der Waals surface area contributed by atoms with E-state index >= 15 is 0 Å². The smallest absolute Gasteiger partial charge is 0.224 e. The van der Waals surface area contributed by atoms with Crippen LogP contribution in [-0.4, -0.2) is 41.6 Å². The molecule has 1 atom stereocenters. The summed E-state index contributed by atoms with van der Waals surface area (Å²) in [6.07, 6.45) is 17.6. The summed E-state index contributed by atoms with van der Waals surface area (Å²) in [6, 6.07) is -0.409. The molecule has 0 saturated carbocycles. The minimum Gasteiger partial charge on any atom is -0.369 e. The third kappa shape index (κ3) is 16.3. The quantitative estimate of drug-likeness (QED) is 0.136. The number of hydrogen-bond donors (Lipinski definition) is 2. The van der Waals surface area contributed by atoms with Gasteiger partial charge in [0.1, 0.15) is 0 Å². The number of Topliss-reactive ketones (excluding diaryl/α,β-unsaturated/α-hetero) is 1. The van der Waals surface area contributed by atoms with E-state index in [4.69, 9.17) is 5.73 Å². The number of allylic oxidation sites excluding steroid dienone is 7. The van der Waals surface area contributed by atoms with Gasteiger partial charge in [-0.05, 0) is 79.6 Å². The first-order chi connectivity index (χ1) is 16.7. The Hall–Kier alpha value is -2.08. The molecule has 0 aliphatic carbocycles. The number of amides is 1. The Balaban J connectivity index is 2.34. The molecule has 3 N–H and O–H groups in total. The lowest BCUT2D eigenvalue weighted by atomic mass is 10.0. The van der Waals surface area contributed by atoms with Crippen LogP contribution in [0.4, 0.5) is 0 Å². The zero-order valence-corrected chi connectivity index (χ0v) is 23.4. The molecular formula is C29H47N3O2S. The van der Waals surface area contributed by atoms with Gasteiger partial charge in [-0.3, -0.25) is 14.6 Å². The summed E-state index contributed by atoms with van der Waals surface area (Å²) in [5, 5.41) is 3.23. The van der Waals surface area contributed by atoms with Crippen LogP contribution < -0.4 is 11.1 Å². The first-order valence-electron chi connectivity index (χ1n) is 13.0. The summed E-state index contributed by atoms with van der Waals surface area (Å²) in [5.41, 5.74) is 10.9. The third-order valence-corrected chi connectivity index (χ3v) is 6.91. The maximum Gasteiger partial charge on any atom is 0.224 e. The van der Waals surface area contributed by atoms with Crippen LogP contribution in [0.3, 0.4) is 0 Å². The van der Waals surface area contributed by atoms with Gasteiger partial charge in [0.25, 0.3) is 0 Å². The van der Waals surface area contributed by atoms with Crippen molar-refractivity contribution in [3.8, 4) is 0 Å². The van der Waals surface area contributed by atoms with Crippen molar-refractivity contribution in [2.24, 2.45) is 10.7 Å². The summed E-state index contributed by atoms with van der Waals surface area (Å²) >= 11 is 1.70. The van der Waals surface area contributed by atoms with Crippen LogP contribution in [0.2, 0.25) is 0 Å². The Labute approximate surface area is 217 Å². The Bertz CT molecular complexity index is 833. The molecule has 0 radical (unpaired) electrons. The third-order valence-electron chi connectivity index (χ3n) is 5.94. The zero-order valence-electron chi connectivity index (χ0n) is 22.6. The molecule has 1 aliphatic rings. The molecule has 0 fully saturated rings. The molecule has 0 saturated heterocycles. The first kappa shape index (κ1) is 31.0. The number of thioether (sulfide) groups is 1. The topological polar surface area (TPSA) is 84.6 Å². The van der Waals surface area contributed by atoms with Crippen molar-refractivity contribution in [1.29, 1.82) is 0 Å². The van der Waals surface area contributed by atoms with Gasteiger partial charge in [-0.2, -0.15) is 11.8 Å². The van der Waals surface area contributed by atoms with Gasteiger partial charge in [-0.25, -0.2) is 0 Å². The van der Waals surface area contributed by atoms with Gasteiger partial charge in [0.2, 0.25) is 5.91 Å². The number of nitrogens with zero attached hydrogens (tertiary/aromatic N) is 1. The summed E-state index contributed by atoms with van der Waals surface area (Å²) < 4.78 is 0. The number of nitrogens with two attached hydrogens (primary N) is 1. The van der Waals surface area contributed by atoms with Crippen LogP contribution in [-0.2, 0) is 9.59 Å². The van der Waals surface area contributed by atoms with Crippen molar-refractivity contribution in [3.05, 3.63) is 46.6 Å². The van der Waals surface area contributed by atoms with E-state index in [0.717, 1.165) is 69.5 Å². The van der Waals surface area contributed by atoms with Gasteiger partial charge in [-0.1, -0.05) is 46.6 Å². The molecule has 0 aromatic rings. The molecule has 6 heteroatoms. The molecule has 1 unspecified atom stereocenters. The molecule has 5 nitrogen and oxygen atoms in total. The SMILES string of the molecule is CC(C)=CCC/C(C)=C/CC/C(C)=C/CC/C(C)=C/CSCC(NC1=NCCC1)C(=O)CC(N)=O. The first-order valence-corrected chi connectivity index (χ1v) is 14.1. The number of primary amides is 1. The maximum atomic E-state index is 12.4. The number of rotatable bonds is 17. The molecule has 0 bridgehead atoms. The number of ketones is 1. The van der Waals surface area contributed by atoms with Crippen LogP contribution in [0.15, 0.2) is 51.6 Å². The summed E-state index contributed by atoms with van der Waals surface area (Å²) in [5.74, 6) is 1.59. The average Bonchev–Trinajstić information content (AvgIpc) is 3.28. The van der Waals surface area contributed by atoms with Crippen LogP contribution in [0.25, 0.3) is 0 Å². The van der Waals surface area contributed by atoms with E-state index in [1.807, 2.05) is 0 Å². The Morgan fingerprint density at radius 3 is 2.03 bits per heavy atom. The van der Waals surface area contributed by atoms with Crippen molar-refractivity contribution < 1.29 is 9.59 Å².